The molecule has 0 saturated heterocycles. The van der Waals surface area contributed by atoms with Crippen molar-refractivity contribution in [2.45, 2.75) is 13.0 Å². The fourth-order valence-corrected chi connectivity index (χ4v) is 2.00. The molecule has 0 bridgehead atoms. The Morgan fingerprint density at radius 1 is 1.17 bits per heavy atom. The fraction of sp³-hybridized carbons (Fsp3) is 0.235. The number of carbonyl (C=O) groups is 1. The Morgan fingerprint density at radius 2 is 1.88 bits per heavy atom. The first-order chi connectivity index (χ1) is 11.5. The largest absolute Gasteiger partial charge is 0.494 e. The maximum absolute atomic E-state index is 13.1. The van der Waals surface area contributed by atoms with Crippen LogP contribution in [0.3, 0.4) is 0 Å². The van der Waals surface area contributed by atoms with Gasteiger partial charge in [-0.3, -0.25) is 0 Å². The first-order valence-corrected chi connectivity index (χ1v) is 7.40. The van der Waals surface area contributed by atoms with E-state index in [0.717, 1.165) is 12.1 Å². The maximum Gasteiger partial charge on any atom is 0.319 e. The van der Waals surface area contributed by atoms with E-state index in [-0.39, 0.29) is 12.1 Å². The Labute approximate surface area is 138 Å². The van der Waals surface area contributed by atoms with E-state index in [1.54, 1.807) is 24.3 Å². The summed E-state index contributed by atoms with van der Waals surface area (Å²) in [6.07, 6.45) is -1.15. The molecule has 3 N–H and O–H groups in total. The van der Waals surface area contributed by atoms with Gasteiger partial charge >= 0.3 is 6.03 Å². The Kier molecular flexibility index (Phi) is 6.08. The molecule has 5 nitrogen and oxygen atoms in total. The van der Waals surface area contributed by atoms with Crippen LogP contribution in [0.25, 0.3) is 0 Å². The molecule has 0 unspecified atom stereocenters. The molecule has 7 heteroatoms. The van der Waals surface area contributed by atoms with E-state index in [1.807, 2.05) is 6.92 Å². The summed E-state index contributed by atoms with van der Waals surface area (Å²) in [4.78, 5) is 11.8. The molecule has 1 atom stereocenters. The van der Waals surface area contributed by atoms with Gasteiger partial charge in [0.2, 0.25) is 0 Å². The summed E-state index contributed by atoms with van der Waals surface area (Å²) < 4.78 is 31.3. The Bertz CT molecular complexity index is 693. The number of nitrogens with one attached hydrogen (secondary N) is 2. The quantitative estimate of drug-likeness (QED) is 0.758. The van der Waals surface area contributed by atoms with Crippen LogP contribution in [-0.4, -0.2) is 24.3 Å². The van der Waals surface area contributed by atoms with Crippen molar-refractivity contribution in [3.63, 3.8) is 0 Å². The van der Waals surface area contributed by atoms with Crippen LogP contribution in [0.4, 0.5) is 19.3 Å². The van der Waals surface area contributed by atoms with E-state index >= 15 is 0 Å². The predicted octanol–water partition coefficient (Wildman–Crippen LogP) is 3.22. The lowest BCUT2D eigenvalue weighted by Gasteiger charge is -2.13. The van der Waals surface area contributed by atoms with Crippen molar-refractivity contribution in [3.05, 3.63) is 59.7 Å². The standard InChI is InChI=1S/C17H18F2N2O3/c1-2-24-13-6-4-12(5-7-13)21-17(23)20-10-16(22)11-3-8-14(18)15(19)9-11/h3-9,16,22H,2,10H2,1H3,(H2,20,21,23)/t16-/m1/s1. The fourth-order valence-electron chi connectivity index (χ4n) is 2.00. The number of anilines is 1. The third-order valence-electron chi connectivity index (χ3n) is 3.21. The second-order valence-electron chi connectivity index (χ2n) is 4.98. The average molecular weight is 336 g/mol. The summed E-state index contributed by atoms with van der Waals surface area (Å²) >= 11 is 0. The molecule has 2 aromatic rings. The normalized spacial score (nSPS) is 11.7. The van der Waals surface area contributed by atoms with Crippen LogP contribution < -0.4 is 15.4 Å². The molecule has 0 saturated carbocycles. The summed E-state index contributed by atoms with van der Waals surface area (Å²) in [6, 6.07) is 9.34. The van der Waals surface area contributed by atoms with Gasteiger partial charge in [-0.05, 0) is 48.9 Å². The maximum atomic E-state index is 13.1. The molecule has 0 aromatic heterocycles. The molecular formula is C17H18F2N2O3. The van der Waals surface area contributed by atoms with Gasteiger partial charge in [0.05, 0.1) is 12.7 Å². The van der Waals surface area contributed by atoms with Crippen LogP contribution >= 0.6 is 0 Å². The van der Waals surface area contributed by atoms with Gasteiger partial charge < -0.3 is 20.5 Å². The summed E-state index contributed by atoms with van der Waals surface area (Å²) in [5.74, 6) is -1.35. The lowest BCUT2D eigenvalue weighted by molar-refractivity contribution is 0.174. The van der Waals surface area contributed by atoms with Crippen molar-refractivity contribution in [3.8, 4) is 5.75 Å². The summed E-state index contributed by atoms with van der Waals surface area (Å²) in [5.41, 5.74) is 0.730. The molecule has 0 aliphatic rings. The van der Waals surface area contributed by atoms with Gasteiger partial charge in [0, 0.05) is 12.2 Å². The van der Waals surface area contributed by atoms with Gasteiger partial charge in [0.15, 0.2) is 11.6 Å². The van der Waals surface area contributed by atoms with Gasteiger partial charge in [0.25, 0.3) is 0 Å². The highest BCUT2D eigenvalue weighted by atomic mass is 19.2. The zero-order valence-electron chi connectivity index (χ0n) is 13.1. The second-order valence-corrected chi connectivity index (χ2v) is 4.98. The smallest absolute Gasteiger partial charge is 0.319 e. The number of benzene rings is 2. The Balaban J connectivity index is 1.84. The molecule has 2 rings (SSSR count). The number of rotatable bonds is 6. The first-order valence-electron chi connectivity index (χ1n) is 7.40. The summed E-state index contributed by atoms with van der Waals surface area (Å²) in [7, 11) is 0. The molecule has 0 fully saturated rings. The van der Waals surface area contributed by atoms with Crippen LogP contribution in [0.15, 0.2) is 42.5 Å². The van der Waals surface area contributed by atoms with Gasteiger partial charge in [-0.2, -0.15) is 0 Å². The van der Waals surface area contributed by atoms with E-state index in [2.05, 4.69) is 10.6 Å². The lowest BCUT2D eigenvalue weighted by atomic mass is 10.1. The van der Waals surface area contributed by atoms with Crippen molar-refractivity contribution in [1.82, 2.24) is 5.32 Å². The van der Waals surface area contributed by atoms with Crippen molar-refractivity contribution < 1.29 is 23.4 Å². The van der Waals surface area contributed by atoms with Crippen molar-refractivity contribution in [2.75, 3.05) is 18.5 Å². The number of ether oxygens (including phenoxy) is 1. The molecule has 0 spiro atoms. The highest BCUT2D eigenvalue weighted by Gasteiger charge is 2.12. The minimum absolute atomic E-state index is 0.145. The number of carbonyl (C=O) groups excluding carboxylic acids is 1. The topological polar surface area (TPSA) is 70.6 Å². The van der Waals surface area contributed by atoms with E-state index in [0.29, 0.717) is 18.0 Å². The molecule has 0 heterocycles. The highest BCUT2D eigenvalue weighted by molar-refractivity contribution is 5.89. The molecule has 24 heavy (non-hydrogen) atoms. The summed E-state index contributed by atoms with van der Waals surface area (Å²) in [6.45, 7) is 2.28. The second kappa shape index (κ2) is 8.26. The van der Waals surface area contributed by atoms with E-state index in [9.17, 15) is 18.7 Å². The monoisotopic (exact) mass is 336 g/mol. The van der Waals surface area contributed by atoms with Gasteiger partial charge in [-0.25, -0.2) is 13.6 Å². The number of aliphatic hydroxyl groups is 1. The zero-order chi connectivity index (χ0) is 17.5. The molecule has 0 aliphatic carbocycles. The number of aliphatic hydroxyl groups excluding tert-OH is 1. The van der Waals surface area contributed by atoms with Gasteiger partial charge in [0.1, 0.15) is 5.75 Å². The van der Waals surface area contributed by atoms with E-state index < -0.39 is 23.8 Å². The minimum Gasteiger partial charge on any atom is -0.494 e. The molecule has 128 valence electrons. The number of hydrogen-bond acceptors (Lipinski definition) is 3. The van der Waals surface area contributed by atoms with E-state index in [1.165, 1.54) is 6.07 Å². The zero-order valence-corrected chi connectivity index (χ0v) is 13.1. The van der Waals surface area contributed by atoms with Crippen molar-refractivity contribution in [2.24, 2.45) is 0 Å². The number of amides is 2. The molecule has 2 amide bonds. The van der Waals surface area contributed by atoms with Crippen LogP contribution in [0.1, 0.15) is 18.6 Å². The number of urea groups is 1. The van der Waals surface area contributed by atoms with E-state index in [4.69, 9.17) is 4.74 Å². The van der Waals surface area contributed by atoms with Crippen LogP contribution in [-0.2, 0) is 0 Å². The van der Waals surface area contributed by atoms with Crippen LogP contribution in [0, 0.1) is 11.6 Å². The molecule has 0 aliphatic heterocycles. The van der Waals surface area contributed by atoms with Crippen molar-refractivity contribution >= 4 is 11.7 Å². The van der Waals surface area contributed by atoms with Crippen molar-refractivity contribution in [1.29, 1.82) is 0 Å². The average Bonchev–Trinajstić information content (AvgIpc) is 2.57. The third-order valence-corrected chi connectivity index (χ3v) is 3.21. The minimum atomic E-state index is -1.15. The molecule has 0 radical (unpaired) electrons. The molecular weight excluding hydrogens is 318 g/mol. The van der Waals surface area contributed by atoms with Gasteiger partial charge in [-0.1, -0.05) is 6.07 Å². The third kappa shape index (κ3) is 4.92. The van der Waals surface area contributed by atoms with Crippen LogP contribution in [0.2, 0.25) is 0 Å². The van der Waals surface area contributed by atoms with Gasteiger partial charge in [-0.15, -0.1) is 0 Å². The first kappa shape index (κ1) is 17.7. The van der Waals surface area contributed by atoms with Crippen LogP contribution in [0.5, 0.6) is 5.75 Å². The molecule has 2 aromatic carbocycles. The highest BCUT2D eigenvalue weighted by Crippen LogP contribution is 2.17. The number of hydrogen-bond donors (Lipinski definition) is 3. The Morgan fingerprint density at radius 3 is 2.50 bits per heavy atom. The lowest BCUT2D eigenvalue weighted by Crippen LogP contribution is -2.32. The summed E-state index contributed by atoms with van der Waals surface area (Å²) in [5, 5.41) is 14.9. The Hall–Kier alpha value is -2.67. The predicted molar refractivity (Wildman–Crippen MR) is 86.0 cm³/mol. The SMILES string of the molecule is CCOc1ccc(NC(=O)NC[C@@H](O)c2ccc(F)c(F)c2)cc1. The number of halogens is 2.